The Morgan fingerprint density at radius 1 is 1.06 bits per heavy atom. The van der Waals surface area contributed by atoms with Crippen LogP contribution in [0, 0.1) is 12.7 Å². The quantitative estimate of drug-likeness (QED) is 0.439. The molecule has 0 unspecified atom stereocenters. The van der Waals surface area contributed by atoms with Crippen molar-refractivity contribution in [3.05, 3.63) is 98.3 Å². The number of rotatable bonds is 5. The number of pyridine rings is 1. The summed E-state index contributed by atoms with van der Waals surface area (Å²) in [4.78, 5) is 24.5. The summed E-state index contributed by atoms with van der Waals surface area (Å²) in [6.45, 7) is 1.35. The lowest BCUT2D eigenvalue weighted by atomic mass is 10.0. The summed E-state index contributed by atoms with van der Waals surface area (Å²) in [6.07, 6.45) is -3.88. The predicted octanol–water partition coefficient (Wildman–Crippen LogP) is 4.24. The third-order valence-corrected chi connectivity index (χ3v) is 5.26. The lowest BCUT2D eigenvalue weighted by Gasteiger charge is -2.17. The van der Waals surface area contributed by atoms with E-state index < -0.39 is 34.6 Å². The van der Waals surface area contributed by atoms with Crippen LogP contribution >= 0.6 is 0 Å². The van der Waals surface area contributed by atoms with Crippen LogP contribution in [0.1, 0.15) is 17.0 Å². The average Bonchev–Trinajstić information content (AvgIpc) is 3.09. The van der Waals surface area contributed by atoms with Gasteiger partial charge in [0.1, 0.15) is 17.1 Å². The molecule has 2 heterocycles. The van der Waals surface area contributed by atoms with E-state index in [-0.39, 0.29) is 18.1 Å². The van der Waals surface area contributed by atoms with Crippen LogP contribution in [0.15, 0.2) is 64.3 Å². The highest BCUT2D eigenvalue weighted by molar-refractivity contribution is 5.65. The number of nitrogens with one attached hydrogen (secondary N) is 1. The maximum Gasteiger partial charge on any atom is 0.420 e. The van der Waals surface area contributed by atoms with Crippen molar-refractivity contribution in [1.82, 2.24) is 19.3 Å². The van der Waals surface area contributed by atoms with Gasteiger partial charge in [-0.15, -0.1) is 0 Å². The van der Waals surface area contributed by atoms with Crippen LogP contribution < -0.4 is 16.0 Å². The molecule has 34 heavy (non-hydrogen) atoms. The zero-order valence-corrected chi connectivity index (χ0v) is 18.0. The fourth-order valence-electron chi connectivity index (χ4n) is 3.39. The van der Waals surface area contributed by atoms with Crippen molar-refractivity contribution < 1.29 is 22.3 Å². The summed E-state index contributed by atoms with van der Waals surface area (Å²) in [6, 6.07) is 11.2. The van der Waals surface area contributed by atoms with Gasteiger partial charge in [-0.2, -0.15) is 18.3 Å². The smallest absolute Gasteiger partial charge is 0.420 e. The SMILES string of the molecule is Cc1cc(-c2cccc(F)c2)ccc1Oc1c(C(F)(F)F)ccn(Cc2n[nH]c(=O)n2C)c1=O. The van der Waals surface area contributed by atoms with Gasteiger partial charge in [-0.05, 0) is 53.9 Å². The summed E-state index contributed by atoms with van der Waals surface area (Å²) in [5.41, 5.74) is -1.15. The van der Waals surface area contributed by atoms with Gasteiger partial charge in [-0.3, -0.25) is 9.36 Å². The summed E-state index contributed by atoms with van der Waals surface area (Å²) < 4.78 is 62.1. The van der Waals surface area contributed by atoms with E-state index in [1.165, 1.54) is 25.2 Å². The van der Waals surface area contributed by atoms with E-state index in [9.17, 15) is 27.2 Å². The Labute approximate surface area is 189 Å². The number of ether oxygens (including phenoxy) is 1. The summed E-state index contributed by atoms with van der Waals surface area (Å²) in [5.74, 6) is -1.15. The first-order valence-corrected chi connectivity index (χ1v) is 10.00. The Hall–Kier alpha value is -4.15. The molecule has 0 atom stereocenters. The van der Waals surface area contributed by atoms with Crippen molar-refractivity contribution in [3.8, 4) is 22.6 Å². The number of nitrogens with zero attached hydrogens (tertiary/aromatic N) is 3. The minimum absolute atomic E-state index is 0.0349. The molecule has 176 valence electrons. The molecule has 0 bridgehead atoms. The van der Waals surface area contributed by atoms with Gasteiger partial charge in [-0.25, -0.2) is 14.3 Å². The van der Waals surface area contributed by atoms with Crippen molar-refractivity contribution in [2.45, 2.75) is 19.6 Å². The average molecular weight is 474 g/mol. The number of hydrogen-bond donors (Lipinski definition) is 1. The Kier molecular flexibility index (Phi) is 5.86. The monoisotopic (exact) mass is 474 g/mol. The van der Waals surface area contributed by atoms with Crippen LogP contribution in [0.4, 0.5) is 17.6 Å². The molecule has 2 aromatic carbocycles. The highest BCUT2D eigenvalue weighted by Crippen LogP contribution is 2.37. The predicted molar refractivity (Wildman–Crippen MR) is 115 cm³/mol. The van der Waals surface area contributed by atoms with Gasteiger partial charge in [0.2, 0.25) is 5.75 Å². The van der Waals surface area contributed by atoms with E-state index in [1.54, 1.807) is 31.2 Å². The standard InChI is InChI=1S/C23H18F4N4O3/c1-13-10-15(14-4-3-5-16(24)11-14)6-7-18(13)34-20-17(23(25,26)27)8-9-31(21(20)32)12-19-28-29-22(33)30(19)2/h3-11H,12H2,1-2H3,(H,29,33). The van der Waals surface area contributed by atoms with Crippen molar-refractivity contribution >= 4 is 0 Å². The van der Waals surface area contributed by atoms with Crippen molar-refractivity contribution in [3.63, 3.8) is 0 Å². The van der Waals surface area contributed by atoms with Crippen LogP contribution in [-0.4, -0.2) is 19.3 Å². The molecule has 0 spiro atoms. The molecule has 7 nitrogen and oxygen atoms in total. The molecular weight excluding hydrogens is 456 g/mol. The van der Waals surface area contributed by atoms with Gasteiger partial charge in [0.05, 0.1) is 6.54 Å². The number of aryl methyl sites for hydroxylation is 1. The van der Waals surface area contributed by atoms with E-state index in [2.05, 4.69) is 10.2 Å². The molecule has 4 aromatic rings. The molecule has 0 saturated carbocycles. The summed E-state index contributed by atoms with van der Waals surface area (Å²) in [7, 11) is 1.41. The molecule has 4 rings (SSSR count). The minimum atomic E-state index is -4.85. The number of halogens is 4. The molecule has 0 amide bonds. The third-order valence-electron chi connectivity index (χ3n) is 5.26. The van der Waals surface area contributed by atoms with Crippen LogP contribution in [0.25, 0.3) is 11.1 Å². The number of alkyl halides is 3. The topological polar surface area (TPSA) is 81.9 Å². The third kappa shape index (κ3) is 4.49. The first-order valence-electron chi connectivity index (χ1n) is 10.00. The van der Waals surface area contributed by atoms with Crippen molar-refractivity contribution in [1.29, 1.82) is 0 Å². The highest BCUT2D eigenvalue weighted by Gasteiger charge is 2.36. The first-order chi connectivity index (χ1) is 16.0. The van der Waals surface area contributed by atoms with E-state index in [0.717, 1.165) is 21.4 Å². The van der Waals surface area contributed by atoms with Crippen LogP contribution in [0.3, 0.4) is 0 Å². The number of hydrogen-bond acceptors (Lipinski definition) is 4. The largest absolute Gasteiger partial charge is 0.451 e. The second-order valence-electron chi connectivity index (χ2n) is 7.59. The van der Waals surface area contributed by atoms with Crippen LogP contribution in [-0.2, 0) is 19.8 Å². The van der Waals surface area contributed by atoms with Gasteiger partial charge >= 0.3 is 11.9 Å². The molecule has 0 aliphatic carbocycles. The van der Waals surface area contributed by atoms with Gasteiger partial charge < -0.3 is 9.30 Å². The van der Waals surface area contributed by atoms with Crippen LogP contribution in [0.5, 0.6) is 11.5 Å². The van der Waals surface area contributed by atoms with Gasteiger partial charge in [0.15, 0.2) is 5.82 Å². The molecule has 0 fully saturated rings. The number of aromatic nitrogens is 4. The Morgan fingerprint density at radius 2 is 1.79 bits per heavy atom. The molecular formula is C23H18F4N4O3. The maximum atomic E-state index is 13.7. The van der Waals surface area contributed by atoms with Crippen molar-refractivity contribution in [2.75, 3.05) is 0 Å². The Balaban J connectivity index is 1.74. The highest BCUT2D eigenvalue weighted by atomic mass is 19.4. The number of aromatic amines is 1. The second kappa shape index (κ2) is 8.65. The van der Waals surface area contributed by atoms with Crippen LogP contribution in [0.2, 0.25) is 0 Å². The number of H-pyrrole nitrogens is 1. The summed E-state index contributed by atoms with van der Waals surface area (Å²) in [5, 5.41) is 5.98. The maximum absolute atomic E-state index is 13.7. The van der Waals surface area contributed by atoms with E-state index in [0.29, 0.717) is 16.7 Å². The first kappa shape index (κ1) is 23.0. The van der Waals surface area contributed by atoms with E-state index in [1.807, 2.05) is 0 Å². The Bertz CT molecular complexity index is 1480. The zero-order chi connectivity index (χ0) is 24.6. The molecule has 1 N–H and O–H groups in total. The van der Waals surface area contributed by atoms with E-state index >= 15 is 0 Å². The molecule has 0 radical (unpaired) electrons. The lowest BCUT2D eigenvalue weighted by molar-refractivity contribution is -0.138. The van der Waals surface area contributed by atoms with Gasteiger partial charge in [0.25, 0.3) is 5.56 Å². The summed E-state index contributed by atoms with van der Waals surface area (Å²) >= 11 is 0. The second-order valence-corrected chi connectivity index (χ2v) is 7.59. The van der Waals surface area contributed by atoms with Crippen molar-refractivity contribution in [2.24, 2.45) is 7.05 Å². The zero-order valence-electron chi connectivity index (χ0n) is 18.0. The van der Waals surface area contributed by atoms with Gasteiger partial charge in [0, 0.05) is 13.2 Å². The molecule has 0 saturated heterocycles. The Morgan fingerprint density at radius 3 is 2.41 bits per heavy atom. The molecule has 0 aliphatic heterocycles. The fraction of sp³-hybridized carbons (Fsp3) is 0.174. The van der Waals surface area contributed by atoms with E-state index in [4.69, 9.17) is 4.74 Å². The molecule has 0 aliphatic rings. The van der Waals surface area contributed by atoms with Gasteiger partial charge in [-0.1, -0.05) is 18.2 Å². The lowest BCUT2D eigenvalue weighted by Crippen LogP contribution is -2.26. The fourth-order valence-corrected chi connectivity index (χ4v) is 3.39. The number of benzene rings is 2. The normalized spacial score (nSPS) is 11.6. The molecule has 11 heteroatoms. The molecule has 2 aromatic heterocycles. The minimum Gasteiger partial charge on any atom is -0.451 e.